The van der Waals surface area contributed by atoms with Crippen molar-refractivity contribution in [2.45, 2.75) is 44.1 Å². The van der Waals surface area contributed by atoms with Crippen LogP contribution in [-0.2, 0) is 4.74 Å². The summed E-state index contributed by atoms with van der Waals surface area (Å²) < 4.78 is 16.7. The van der Waals surface area contributed by atoms with Crippen molar-refractivity contribution in [2.75, 3.05) is 6.61 Å². The molecule has 0 spiro atoms. The average molecular weight is 308 g/mol. The number of aliphatic hydroxyl groups is 3. The maximum Gasteiger partial charge on any atom is 0.229 e. The number of ether oxygens (including phenoxy) is 3. The maximum absolute atomic E-state index is 9.88. The molecule has 2 aliphatic rings. The molecule has 0 amide bonds. The molecule has 1 aromatic rings. The predicted molar refractivity (Wildman–Crippen MR) is 78.6 cm³/mol. The van der Waals surface area contributed by atoms with Gasteiger partial charge in [0, 0.05) is 5.56 Å². The van der Waals surface area contributed by atoms with E-state index in [1.165, 1.54) is 0 Å². The van der Waals surface area contributed by atoms with Crippen LogP contribution in [0.15, 0.2) is 24.3 Å². The van der Waals surface area contributed by atoms with Crippen LogP contribution in [0.1, 0.15) is 19.4 Å². The number of benzene rings is 1. The lowest BCUT2D eigenvalue weighted by Gasteiger charge is -2.28. The third-order valence-electron chi connectivity index (χ3n) is 3.77. The fourth-order valence-corrected chi connectivity index (χ4v) is 2.53. The standard InChI is InChI=1S/C16H20O6/c1-16(2)6-5-9-7-10(3-4-11(9)22-16)20-15-14(19)13(18)12(8-17)21-15/h3-7,12-15,17-19H,8H2,1-2H3/t12-,13-,14+,15+/m0/s1. The number of aliphatic hydroxyl groups excluding tert-OH is 3. The number of hydrogen-bond acceptors (Lipinski definition) is 6. The van der Waals surface area contributed by atoms with E-state index in [1.54, 1.807) is 18.2 Å². The summed E-state index contributed by atoms with van der Waals surface area (Å²) in [4.78, 5) is 0. The molecule has 6 nitrogen and oxygen atoms in total. The van der Waals surface area contributed by atoms with Crippen LogP contribution in [0, 0.1) is 0 Å². The van der Waals surface area contributed by atoms with Crippen LogP contribution in [0.5, 0.6) is 11.5 Å². The van der Waals surface area contributed by atoms with Crippen LogP contribution >= 0.6 is 0 Å². The van der Waals surface area contributed by atoms with Gasteiger partial charge < -0.3 is 29.5 Å². The fraction of sp³-hybridized carbons (Fsp3) is 0.500. The minimum absolute atomic E-state index is 0.349. The van der Waals surface area contributed by atoms with Crippen molar-refractivity contribution in [1.82, 2.24) is 0 Å². The molecule has 1 fully saturated rings. The van der Waals surface area contributed by atoms with Gasteiger partial charge in [-0.15, -0.1) is 0 Å². The van der Waals surface area contributed by atoms with E-state index in [0.29, 0.717) is 5.75 Å². The first kappa shape index (κ1) is 15.3. The minimum atomic E-state index is -1.21. The van der Waals surface area contributed by atoms with Crippen LogP contribution in [0.3, 0.4) is 0 Å². The van der Waals surface area contributed by atoms with Crippen LogP contribution in [-0.4, -0.2) is 52.1 Å². The quantitative estimate of drug-likeness (QED) is 0.761. The molecule has 2 aliphatic heterocycles. The van der Waals surface area contributed by atoms with E-state index in [2.05, 4.69) is 0 Å². The van der Waals surface area contributed by atoms with Crippen LogP contribution in [0.4, 0.5) is 0 Å². The zero-order valence-electron chi connectivity index (χ0n) is 12.5. The molecule has 3 rings (SSSR count). The van der Waals surface area contributed by atoms with Gasteiger partial charge in [-0.05, 0) is 38.1 Å². The molecule has 1 aromatic carbocycles. The first-order valence-electron chi connectivity index (χ1n) is 7.21. The Balaban J connectivity index is 1.75. The van der Waals surface area contributed by atoms with E-state index in [9.17, 15) is 10.2 Å². The van der Waals surface area contributed by atoms with Crippen molar-refractivity contribution in [3.63, 3.8) is 0 Å². The third-order valence-corrected chi connectivity index (χ3v) is 3.77. The Morgan fingerprint density at radius 2 is 2.00 bits per heavy atom. The highest BCUT2D eigenvalue weighted by Gasteiger charge is 2.43. The molecule has 0 bridgehead atoms. The molecule has 2 heterocycles. The van der Waals surface area contributed by atoms with Crippen molar-refractivity contribution >= 4 is 6.08 Å². The molecule has 3 N–H and O–H groups in total. The normalized spacial score (nSPS) is 32.4. The summed E-state index contributed by atoms with van der Waals surface area (Å²) >= 11 is 0. The van der Waals surface area contributed by atoms with Crippen molar-refractivity contribution in [2.24, 2.45) is 0 Å². The lowest BCUT2D eigenvalue weighted by atomic mass is 10.0. The van der Waals surface area contributed by atoms with E-state index in [4.69, 9.17) is 19.3 Å². The van der Waals surface area contributed by atoms with Crippen molar-refractivity contribution in [3.8, 4) is 11.5 Å². The Morgan fingerprint density at radius 1 is 1.23 bits per heavy atom. The van der Waals surface area contributed by atoms with Gasteiger partial charge in [-0.1, -0.05) is 6.08 Å². The second kappa shape index (κ2) is 5.55. The van der Waals surface area contributed by atoms with E-state index in [0.717, 1.165) is 11.3 Å². The lowest BCUT2D eigenvalue weighted by Crippen LogP contribution is -2.35. The molecule has 120 valence electrons. The van der Waals surface area contributed by atoms with Crippen molar-refractivity contribution in [3.05, 3.63) is 29.8 Å². The largest absolute Gasteiger partial charge is 0.483 e. The molecular formula is C16H20O6. The van der Waals surface area contributed by atoms with Gasteiger partial charge in [-0.25, -0.2) is 0 Å². The summed E-state index contributed by atoms with van der Waals surface area (Å²) in [6.45, 7) is 3.56. The number of rotatable bonds is 3. The first-order valence-corrected chi connectivity index (χ1v) is 7.21. The Hall–Kier alpha value is -1.60. The monoisotopic (exact) mass is 308 g/mol. The average Bonchev–Trinajstić information content (AvgIpc) is 2.74. The summed E-state index contributed by atoms with van der Waals surface area (Å²) in [7, 11) is 0. The van der Waals surface area contributed by atoms with Crippen molar-refractivity contribution < 1.29 is 29.5 Å². The molecule has 0 aromatic heterocycles. The summed E-state index contributed by atoms with van der Waals surface area (Å²) in [5.74, 6) is 1.24. The van der Waals surface area contributed by atoms with E-state index in [-0.39, 0.29) is 12.2 Å². The molecule has 0 radical (unpaired) electrons. The van der Waals surface area contributed by atoms with Gasteiger partial charge in [0.2, 0.25) is 6.29 Å². The SMILES string of the molecule is CC1(C)C=Cc2cc(O[C@@H]3O[C@@H](CO)[C@H](O)[C@H]3O)ccc2O1. The highest BCUT2D eigenvalue weighted by Crippen LogP contribution is 2.34. The van der Waals surface area contributed by atoms with E-state index < -0.39 is 24.6 Å². The molecule has 0 unspecified atom stereocenters. The van der Waals surface area contributed by atoms with Gasteiger partial charge in [0.25, 0.3) is 0 Å². The van der Waals surface area contributed by atoms with Gasteiger partial charge in [-0.2, -0.15) is 0 Å². The maximum atomic E-state index is 9.88. The predicted octanol–water partition coefficient (Wildman–Crippen LogP) is 0.689. The highest BCUT2D eigenvalue weighted by atomic mass is 16.7. The van der Waals surface area contributed by atoms with Gasteiger partial charge in [0.1, 0.15) is 35.4 Å². The minimum Gasteiger partial charge on any atom is -0.483 e. The smallest absolute Gasteiger partial charge is 0.229 e. The van der Waals surface area contributed by atoms with Crippen LogP contribution < -0.4 is 9.47 Å². The molecular weight excluding hydrogens is 288 g/mol. The Kier molecular flexibility index (Phi) is 3.86. The lowest BCUT2D eigenvalue weighted by molar-refractivity contribution is -0.116. The number of hydrogen-bond donors (Lipinski definition) is 3. The van der Waals surface area contributed by atoms with Gasteiger partial charge >= 0.3 is 0 Å². The molecule has 22 heavy (non-hydrogen) atoms. The van der Waals surface area contributed by atoms with Gasteiger partial charge in [0.05, 0.1) is 6.61 Å². The zero-order valence-corrected chi connectivity index (χ0v) is 12.5. The number of fused-ring (bicyclic) bond motifs is 1. The summed E-state index contributed by atoms with van der Waals surface area (Å²) in [5, 5.41) is 28.7. The summed E-state index contributed by atoms with van der Waals surface area (Å²) in [6, 6.07) is 5.27. The zero-order chi connectivity index (χ0) is 15.9. The Morgan fingerprint density at radius 3 is 2.68 bits per heavy atom. The van der Waals surface area contributed by atoms with E-state index >= 15 is 0 Å². The second-order valence-electron chi connectivity index (χ2n) is 6.06. The molecule has 0 saturated carbocycles. The van der Waals surface area contributed by atoms with Gasteiger partial charge in [-0.3, -0.25) is 0 Å². The van der Waals surface area contributed by atoms with E-state index in [1.807, 2.05) is 26.0 Å². The fourth-order valence-electron chi connectivity index (χ4n) is 2.53. The van der Waals surface area contributed by atoms with Crippen LogP contribution in [0.25, 0.3) is 6.08 Å². The summed E-state index contributed by atoms with van der Waals surface area (Å²) in [6.07, 6.45) is -0.346. The topological polar surface area (TPSA) is 88.4 Å². The molecule has 1 saturated heterocycles. The first-order chi connectivity index (χ1) is 10.4. The second-order valence-corrected chi connectivity index (χ2v) is 6.06. The Bertz CT molecular complexity index is 582. The highest BCUT2D eigenvalue weighted by molar-refractivity contribution is 5.62. The third kappa shape index (κ3) is 2.83. The Labute approximate surface area is 128 Å². The molecule has 0 aliphatic carbocycles. The molecule has 6 heteroatoms. The van der Waals surface area contributed by atoms with Gasteiger partial charge in [0.15, 0.2) is 0 Å². The molecule has 4 atom stereocenters. The van der Waals surface area contributed by atoms with Crippen LogP contribution in [0.2, 0.25) is 0 Å². The van der Waals surface area contributed by atoms with Crippen molar-refractivity contribution in [1.29, 1.82) is 0 Å². The summed E-state index contributed by atoms with van der Waals surface area (Å²) in [5.41, 5.74) is 0.516.